The molecular weight excluding hydrogens is 543 g/mol. The van der Waals surface area contributed by atoms with E-state index in [0.29, 0.717) is 12.4 Å². The molecule has 222 valence electrons. The summed E-state index contributed by atoms with van der Waals surface area (Å²) in [4.78, 5) is 20.7. The number of anilines is 1. The van der Waals surface area contributed by atoms with E-state index in [1.54, 1.807) is 17.0 Å². The molecule has 2 fully saturated rings. The van der Waals surface area contributed by atoms with Crippen LogP contribution in [0.1, 0.15) is 51.4 Å². The van der Waals surface area contributed by atoms with Gasteiger partial charge >= 0.3 is 6.61 Å². The molecule has 5 aliphatic carbocycles. The average Bonchev–Trinajstić information content (AvgIpc) is 3.92. The first-order chi connectivity index (χ1) is 20.3. The van der Waals surface area contributed by atoms with Crippen LogP contribution in [0, 0.1) is 10.8 Å². The lowest BCUT2D eigenvalue weighted by Crippen LogP contribution is -2.49. The van der Waals surface area contributed by atoms with Gasteiger partial charge in [0.25, 0.3) is 0 Å². The molecule has 0 radical (unpaired) electrons. The van der Waals surface area contributed by atoms with Gasteiger partial charge in [0.15, 0.2) is 5.84 Å². The van der Waals surface area contributed by atoms with E-state index in [1.807, 2.05) is 24.3 Å². The summed E-state index contributed by atoms with van der Waals surface area (Å²) < 4.78 is 42.5. The molecule has 1 spiro atoms. The molecule has 42 heavy (non-hydrogen) atoms. The largest absolute Gasteiger partial charge is 0.435 e. The molecule has 0 saturated heterocycles. The van der Waals surface area contributed by atoms with Crippen LogP contribution >= 0.6 is 0 Å². The van der Waals surface area contributed by atoms with Gasteiger partial charge < -0.3 is 20.2 Å². The smallest absolute Gasteiger partial charge is 0.387 e. The van der Waals surface area contributed by atoms with Crippen molar-refractivity contribution < 1.29 is 27.5 Å². The Morgan fingerprint density at radius 3 is 2.40 bits per heavy atom. The van der Waals surface area contributed by atoms with E-state index in [-0.39, 0.29) is 35.3 Å². The quantitative estimate of drug-likeness (QED) is 0.121. The van der Waals surface area contributed by atoms with Crippen molar-refractivity contribution in [1.82, 2.24) is 0 Å². The number of nitrogens with zero attached hydrogens (tertiary/aromatic N) is 2. The van der Waals surface area contributed by atoms with Crippen LogP contribution in [-0.4, -0.2) is 31.6 Å². The summed E-state index contributed by atoms with van der Waals surface area (Å²) in [5, 5.41) is 4.19. The minimum Gasteiger partial charge on any atom is -0.435 e. The molecule has 0 aliphatic heterocycles. The number of halogens is 3. The summed E-state index contributed by atoms with van der Waals surface area (Å²) >= 11 is 0. The van der Waals surface area contributed by atoms with Crippen molar-refractivity contribution in [2.45, 2.75) is 58.0 Å². The first-order valence-electron chi connectivity index (χ1n) is 14.3. The average molecular weight is 580 g/mol. The van der Waals surface area contributed by atoms with Gasteiger partial charge in [-0.3, -0.25) is 9.18 Å². The van der Waals surface area contributed by atoms with Crippen LogP contribution in [0.3, 0.4) is 0 Å². The van der Waals surface area contributed by atoms with E-state index in [1.165, 1.54) is 17.7 Å². The molecule has 7 rings (SSSR count). The molecule has 0 atom stereocenters. The minimum absolute atomic E-state index is 0.0628. The maximum Gasteiger partial charge on any atom is 0.387 e. The van der Waals surface area contributed by atoms with Crippen molar-refractivity contribution in [2.75, 3.05) is 18.1 Å². The van der Waals surface area contributed by atoms with Crippen molar-refractivity contribution in [3.8, 4) is 16.9 Å². The molecule has 6 nitrogen and oxygen atoms in total. The number of allylic oxidation sites excluding steroid dienone is 3. The van der Waals surface area contributed by atoms with Crippen molar-refractivity contribution in [3.05, 3.63) is 84.7 Å². The molecular formula is C33H36F3N3O3. The van der Waals surface area contributed by atoms with Gasteiger partial charge in [-0.15, -0.1) is 13.2 Å². The van der Waals surface area contributed by atoms with Gasteiger partial charge in [-0.1, -0.05) is 35.0 Å². The lowest BCUT2D eigenvalue weighted by molar-refractivity contribution is -0.119. The number of carbonyl (C=O) groups is 1. The fourth-order valence-electron chi connectivity index (χ4n) is 6.02. The van der Waals surface area contributed by atoms with E-state index in [0.717, 1.165) is 66.7 Å². The van der Waals surface area contributed by atoms with Crippen LogP contribution in [0.4, 0.5) is 18.9 Å². The third kappa shape index (κ3) is 6.25. The van der Waals surface area contributed by atoms with Gasteiger partial charge in [-0.2, -0.15) is 8.78 Å². The topological polar surface area (TPSA) is 77.2 Å². The highest BCUT2D eigenvalue weighted by atomic mass is 19.3. The number of rotatable bonds is 12. The maximum atomic E-state index is 13.3. The van der Waals surface area contributed by atoms with Gasteiger partial charge in [0.1, 0.15) is 11.5 Å². The van der Waals surface area contributed by atoms with Crippen molar-refractivity contribution in [2.24, 2.45) is 21.7 Å². The Balaban J connectivity index is 0.00000173. The fourth-order valence-corrected chi connectivity index (χ4v) is 6.02. The molecule has 2 N–H and O–H groups in total. The number of ether oxygens (including phenoxy) is 1. The number of amidine groups is 1. The van der Waals surface area contributed by atoms with E-state index in [2.05, 4.69) is 29.1 Å². The van der Waals surface area contributed by atoms with Gasteiger partial charge in [0.2, 0.25) is 5.91 Å². The van der Waals surface area contributed by atoms with Gasteiger partial charge in [0.05, 0.1) is 12.1 Å². The number of hydrogen-bond donors (Lipinski definition) is 1. The fraction of sp³-hybridized carbons (Fsp3) is 0.394. The Morgan fingerprint density at radius 1 is 1.07 bits per heavy atom. The number of hydrogen-bond acceptors (Lipinski definition) is 4. The molecule has 5 aliphatic rings. The van der Waals surface area contributed by atoms with Crippen LogP contribution < -0.4 is 15.4 Å². The first-order valence-corrected chi connectivity index (χ1v) is 14.3. The SMILES string of the molecule is C=C.N/C(=N\OC1=CC12CC2)C1=C2CC(CN(C(=O)CCCF)c3cccc(-c4ccc(OC(F)F)cc4)c3)(CC1)C2. The number of amides is 1. The number of alkyl halides is 3. The van der Waals surface area contributed by atoms with E-state index in [4.69, 9.17) is 10.6 Å². The predicted molar refractivity (Wildman–Crippen MR) is 158 cm³/mol. The lowest BCUT2D eigenvalue weighted by atomic mass is 9.57. The summed E-state index contributed by atoms with van der Waals surface area (Å²) in [5.41, 5.74) is 11.1. The second-order valence-corrected chi connectivity index (χ2v) is 11.4. The third-order valence-corrected chi connectivity index (χ3v) is 8.55. The molecule has 0 aromatic heterocycles. The van der Waals surface area contributed by atoms with Gasteiger partial charge in [0, 0.05) is 18.7 Å². The molecule has 0 heterocycles. The zero-order valence-electron chi connectivity index (χ0n) is 23.6. The summed E-state index contributed by atoms with van der Waals surface area (Å²) in [6.45, 7) is 3.09. The van der Waals surface area contributed by atoms with E-state index >= 15 is 0 Å². The molecule has 2 aromatic carbocycles. The maximum absolute atomic E-state index is 13.3. The highest BCUT2D eigenvalue weighted by Crippen LogP contribution is 2.64. The minimum atomic E-state index is -2.89. The Hall–Kier alpha value is -4.01. The van der Waals surface area contributed by atoms with E-state index in [9.17, 15) is 18.0 Å². The summed E-state index contributed by atoms with van der Waals surface area (Å²) in [6, 6.07) is 14.0. The zero-order valence-corrected chi connectivity index (χ0v) is 23.6. The second kappa shape index (κ2) is 12.1. The molecule has 2 saturated carbocycles. The summed E-state index contributed by atoms with van der Waals surface area (Å²) in [6.07, 6.45) is 8.00. The normalized spacial score (nSPS) is 18.9. The van der Waals surface area contributed by atoms with Crippen LogP contribution in [0.5, 0.6) is 5.75 Å². The number of benzene rings is 2. The van der Waals surface area contributed by atoms with Gasteiger partial charge in [-0.25, -0.2) is 0 Å². The van der Waals surface area contributed by atoms with E-state index < -0.39 is 13.3 Å². The van der Waals surface area contributed by atoms with Crippen molar-refractivity contribution >= 4 is 17.4 Å². The summed E-state index contributed by atoms with van der Waals surface area (Å²) in [5.74, 6) is 1.34. The highest BCUT2D eigenvalue weighted by molar-refractivity contribution is 5.98. The van der Waals surface area contributed by atoms with Crippen LogP contribution in [0.15, 0.2) is 89.8 Å². The Bertz CT molecular complexity index is 1410. The second-order valence-electron chi connectivity index (χ2n) is 11.4. The number of nitrogens with two attached hydrogens (primary N) is 1. The van der Waals surface area contributed by atoms with Crippen LogP contribution in [0.25, 0.3) is 11.1 Å². The monoisotopic (exact) mass is 579 g/mol. The molecule has 1 amide bonds. The van der Waals surface area contributed by atoms with Crippen LogP contribution in [0.2, 0.25) is 0 Å². The first kappa shape index (κ1) is 29.5. The Morgan fingerprint density at radius 2 is 1.81 bits per heavy atom. The standard InChI is InChI=1S/C31H32F3N3O3.C2H4/c32-14-2-5-27(38)37(23-4-1-3-21(15-23)20-6-8-24(9-7-20)39-29(33)34)19-30-11-10-25(22(16-30)17-30)28(35)36-40-26-18-31(26)12-13-31;1-2/h1,3-4,6-9,15,18,29H,2,5,10-14,16-17,19H2,(H2,35,36);1-2H2. The number of oxime groups is 1. The number of carbonyl (C=O) groups excluding carboxylic acids is 1. The zero-order chi connectivity index (χ0) is 29.9. The van der Waals surface area contributed by atoms with Gasteiger partial charge in [-0.05, 0) is 97.4 Å². The third-order valence-electron chi connectivity index (χ3n) is 8.55. The highest BCUT2D eigenvalue weighted by Gasteiger charge is 2.57. The van der Waals surface area contributed by atoms with Crippen molar-refractivity contribution in [3.63, 3.8) is 0 Å². The lowest BCUT2D eigenvalue weighted by Gasteiger charge is -2.51. The number of fused-ring (bicyclic) bond motifs is 2. The summed E-state index contributed by atoms with van der Waals surface area (Å²) in [7, 11) is 0. The molecule has 0 unspecified atom stereocenters. The molecule has 2 aromatic rings. The predicted octanol–water partition coefficient (Wildman–Crippen LogP) is 7.68. The Labute approximate surface area is 244 Å². The van der Waals surface area contributed by atoms with Crippen LogP contribution in [-0.2, 0) is 9.63 Å². The molecule has 2 bridgehead atoms. The Kier molecular flexibility index (Phi) is 8.48. The molecule has 9 heteroatoms. The van der Waals surface area contributed by atoms with Crippen molar-refractivity contribution in [1.29, 1.82) is 0 Å².